The number of halogens is 1. The molecule has 1 amide bonds. The molecule has 0 aromatic heterocycles. The summed E-state index contributed by atoms with van der Waals surface area (Å²) in [5, 5.41) is 3.95. The lowest BCUT2D eigenvalue weighted by Gasteiger charge is -2.31. The molecule has 1 saturated carbocycles. The van der Waals surface area contributed by atoms with Crippen LogP contribution in [0.3, 0.4) is 0 Å². The molecule has 1 heterocycles. The zero-order valence-electron chi connectivity index (χ0n) is 14.9. The zero-order chi connectivity index (χ0) is 17.5. The molecular weight excluding hydrogens is 335 g/mol. The van der Waals surface area contributed by atoms with Crippen molar-refractivity contribution in [2.75, 3.05) is 25.4 Å². The van der Waals surface area contributed by atoms with Crippen LogP contribution in [0.25, 0.3) is 0 Å². The van der Waals surface area contributed by atoms with Crippen molar-refractivity contribution in [1.29, 1.82) is 0 Å². The molecule has 1 aliphatic heterocycles. The third-order valence-electron chi connectivity index (χ3n) is 5.33. The molecule has 0 bridgehead atoms. The molecule has 0 unspecified atom stereocenters. The molecule has 2 fully saturated rings. The highest BCUT2D eigenvalue weighted by Crippen LogP contribution is 2.29. The summed E-state index contributed by atoms with van der Waals surface area (Å²) in [6.45, 7) is 3.51. The number of amides is 1. The molecule has 1 saturated heterocycles. The summed E-state index contributed by atoms with van der Waals surface area (Å²) in [6, 6.07) is 6.71. The van der Waals surface area contributed by atoms with Gasteiger partial charge in [0, 0.05) is 30.0 Å². The Labute approximate surface area is 154 Å². The topological polar surface area (TPSA) is 32.3 Å². The standard InChI is InChI=1S/C20H29FN2OS/c21-18-7-5-16(6-8-18)15-23-12-9-17(10-13-23)20(24)22-11-14-25-19-3-1-2-4-19/h5-8,17,19H,1-4,9-15H2,(H,22,24). The van der Waals surface area contributed by atoms with E-state index in [9.17, 15) is 9.18 Å². The number of thioether (sulfide) groups is 1. The molecule has 1 aromatic rings. The summed E-state index contributed by atoms with van der Waals surface area (Å²) >= 11 is 2.03. The van der Waals surface area contributed by atoms with E-state index in [1.165, 1.54) is 37.8 Å². The van der Waals surface area contributed by atoms with E-state index < -0.39 is 0 Å². The molecule has 0 atom stereocenters. The Morgan fingerprint density at radius 3 is 2.48 bits per heavy atom. The van der Waals surface area contributed by atoms with Crippen LogP contribution in [0.2, 0.25) is 0 Å². The normalized spacial score (nSPS) is 20.0. The Morgan fingerprint density at radius 2 is 1.80 bits per heavy atom. The van der Waals surface area contributed by atoms with Crippen molar-refractivity contribution in [1.82, 2.24) is 10.2 Å². The van der Waals surface area contributed by atoms with E-state index in [0.717, 1.165) is 55.6 Å². The predicted octanol–water partition coefficient (Wildman–Crippen LogP) is 3.83. The van der Waals surface area contributed by atoms with Crippen LogP contribution in [-0.4, -0.2) is 41.4 Å². The summed E-state index contributed by atoms with van der Waals surface area (Å²) in [6.07, 6.45) is 7.29. The predicted molar refractivity (Wildman–Crippen MR) is 102 cm³/mol. The lowest BCUT2D eigenvalue weighted by Crippen LogP contribution is -2.40. The Morgan fingerprint density at radius 1 is 1.12 bits per heavy atom. The molecule has 0 radical (unpaired) electrons. The monoisotopic (exact) mass is 364 g/mol. The molecule has 0 spiro atoms. The fourth-order valence-electron chi connectivity index (χ4n) is 3.80. The van der Waals surface area contributed by atoms with Gasteiger partial charge in [0.15, 0.2) is 0 Å². The first-order chi connectivity index (χ1) is 12.2. The van der Waals surface area contributed by atoms with Gasteiger partial charge in [0.25, 0.3) is 0 Å². The second-order valence-electron chi connectivity index (χ2n) is 7.25. The van der Waals surface area contributed by atoms with Crippen molar-refractivity contribution >= 4 is 17.7 Å². The molecule has 138 valence electrons. The van der Waals surface area contributed by atoms with Gasteiger partial charge < -0.3 is 5.32 Å². The van der Waals surface area contributed by atoms with Crippen molar-refractivity contribution < 1.29 is 9.18 Å². The molecular formula is C20H29FN2OS. The smallest absolute Gasteiger partial charge is 0.223 e. The molecule has 5 heteroatoms. The van der Waals surface area contributed by atoms with Crippen LogP contribution in [0.15, 0.2) is 24.3 Å². The minimum atomic E-state index is -0.190. The maximum atomic E-state index is 13.0. The molecule has 1 aromatic carbocycles. The van der Waals surface area contributed by atoms with E-state index >= 15 is 0 Å². The van der Waals surface area contributed by atoms with E-state index in [-0.39, 0.29) is 17.6 Å². The lowest BCUT2D eigenvalue weighted by molar-refractivity contribution is -0.126. The summed E-state index contributed by atoms with van der Waals surface area (Å²) in [5.41, 5.74) is 1.13. The number of nitrogens with zero attached hydrogens (tertiary/aromatic N) is 1. The first kappa shape index (κ1) is 18.7. The Kier molecular flexibility index (Phi) is 7.17. The van der Waals surface area contributed by atoms with Crippen molar-refractivity contribution in [3.05, 3.63) is 35.6 Å². The van der Waals surface area contributed by atoms with Gasteiger partial charge in [-0.25, -0.2) is 4.39 Å². The summed E-state index contributed by atoms with van der Waals surface area (Å²) in [4.78, 5) is 14.7. The number of rotatable bonds is 7. The average Bonchev–Trinajstić information content (AvgIpc) is 3.15. The lowest BCUT2D eigenvalue weighted by atomic mass is 9.95. The van der Waals surface area contributed by atoms with Crippen molar-refractivity contribution in [3.63, 3.8) is 0 Å². The highest BCUT2D eigenvalue weighted by molar-refractivity contribution is 7.99. The van der Waals surface area contributed by atoms with Crippen molar-refractivity contribution in [3.8, 4) is 0 Å². The van der Waals surface area contributed by atoms with Crippen LogP contribution in [0.4, 0.5) is 4.39 Å². The van der Waals surface area contributed by atoms with Gasteiger partial charge in [-0.3, -0.25) is 9.69 Å². The summed E-state index contributed by atoms with van der Waals surface area (Å²) < 4.78 is 13.0. The van der Waals surface area contributed by atoms with Crippen LogP contribution in [0.5, 0.6) is 0 Å². The molecule has 1 N–H and O–H groups in total. The van der Waals surface area contributed by atoms with E-state index in [1.54, 1.807) is 0 Å². The first-order valence-corrected chi connectivity index (χ1v) is 10.6. The number of piperidine rings is 1. The molecule has 25 heavy (non-hydrogen) atoms. The Balaban J connectivity index is 1.31. The van der Waals surface area contributed by atoms with Crippen LogP contribution < -0.4 is 5.32 Å². The maximum absolute atomic E-state index is 13.0. The van der Waals surface area contributed by atoms with Crippen LogP contribution >= 0.6 is 11.8 Å². The molecule has 3 nitrogen and oxygen atoms in total. The van der Waals surface area contributed by atoms with Gasteiger partial charge in [0.2, 0.25) is 5.91 Å². The van der Waals surface area contributed by atoms with Crippen LogP contribution in [0.1, 0.15) is 44.1 Å². The van der Waals surface area contributed by atoms with Crippen molar-refractivity contribution in [2.24, 2.45) is 5.92 Å². The van der Waals surface area contributed by atoms with E-state index in [2.05, 4.69) is 10.2 Å². The van der Waals surface area contributed by atoms with Gasteiger partial charge in [0.05, 0.1) is 0 Å². The SMILES string of the molecule is O=C(NCCSC1CCCC1)C1CCN(Cc2ccc(F)cc2)CC1. The second-order valence-corrected chi connectivity index (χ2v) is 8.65. The van der Waals surface area contributed by atoms with Gasteiger partial charge in [-0.1, -0.05) is 25.0 Å². The average molecular weight is 365 g/mol. The van der Waals surface area contributed by atoms with Crippen LogP contribution in [-0.2, 0) is 11.3 Å². The minimum Gasteiger partial charge on any atom is -0.355 e. The molecule has 1 aliphatic carbocycles. The van der Waals surface area contributed by atoms with E-state index in [4.69, 9.17) is 0 Å². The van der Waals surface area contributed by atoms with Crippen LogP contribution in [0, 0.1) is 11.7 Å². The van der Waals surface area contributed by atoms with Crippen molar-refractivity contribution in [2.45, 2.75) is 50.3 Å². The highest BCUT2D eigenvalue weighted by Gasteiger charge is 2.24. The number of nitrogens with one attached hydrogen (secondary N) is 1. The van der Waals surface area contributed by atoms with Gasteiger partial charge >= 0.3 is 0 Å². The molecule has 3 rings (SSSR count). The van der Waals surface area contributed by atoms with E-state index in [1.807, 2.05) is 23.9 Å². The van der Waals surface area contributed by atoms with Gasteiger partial charge in [0.1, 0.15) is 5.82 Å². The van der Waals surface area contributed by atoms with E-state index in [0.29, 0.717) is 0 Å². The first-order valence-electron chi connectivity index (χ1n) is 9.57. The van der Waals surface area contributed by atoms with Gasteiger partial charge in [-0.2, -0.15) is 11.8 Å². The number of carbonyl (C=O) groups is 1. The summed E-state index contributed by atoms with van der Waals surface area (Å²) in [5.74, 6) is 1.24. The fraction of sp³-hybridized carbons (Fsp3) is 0.650. The quantitative estimate of drug-likeness (QED) is 0.746. The second kappa shape index (κ2) is 9.58. The number of carbonyl (C=O) groups excluding carboxylic acids is 1. The van der Waals surface area contributed by atoms with Gasteiger partial charge in [-0.15, -0.1) is 0 Å². The highest BCUT2D eigenvalue weighted by atomic mass is 32.2. The number of hydrogen-bond acceptors (Lipinski definition) is 3. The third-order valence-corrected chi connectivity index (χ3v) is 6.72. The minimum absolute atomic E-state index is 0.154. The van der Waals surface area contributed by atoms with Gasteiger partial charge in [-0.05, 0) is 56.5 Å². The Hall–Kier alpha value is -1.07. The Bertz CT molecular complexity index is 537. The molecule has 2 aliphatic rings. The zero-order valence-corrected chi connectivity index (χ0v) is 15.7. The summed E-state index contributed by atoms with van der Waals surface area (Å²) in [7, 11) is 0. The number of hydrogen-bond donors (Lipinski definition) is 1. The number of likely N-dealkylation sites (tertiary alicyclic amines) is 1. The fourth-order valence-corrected chi connectivity index (χ4v) is 5.02. The third kappa shape index (κ3) is 6.00. The number of benzene rings is 1. The largest absolute Gasteiger partial charge is 0.355 e. The maximum Gasteiger partial charge on any atom is 0.223 e.